The van der Waals surface area contributed by atoms with Crippen LogP contribution in [-0.4, -0.2) is 31.7 Å². The van der Waals surface area contributed by atoms with Gasteiger partial charge >= 0.3 is 0 Å². The van der Waals surface area contributed by atoms with Crippen LogP contribution in [0, 0.1) is 11.8 Å². The highest BCUT2D eigenvalue weighted by atomic mass is 32.2. The zero-order valence-electron chi connectivity index (χ0n) is 11.0. The molecule has 0 spiro atoms. The van der Waals surface area contributed by atoms with Crippen LogP contribution < -0.4 is 5.73 Å². The van der Waals surface area contributed by atoms with Crippen LogP contribution in [0.25, 0.3) is 0 Å². The van der Waals surface area contributed by atoms with Gasteiger partial charge in [0.2, 0.25) is 10.0 Å². The largest absolute Gasteiger partial charge is 0.365 e. The molecule has 0 radical (unpaired) electrons. The molecule has 1 aliphatic heterocycles. The Labute approximate surface area is 117 Å². The lowest BCUT2D eigenvalue weighted by molar-refractivity contribution is 0.100. The molecule has 0 saturated carbocycles. The van der Waals surface area contributed by atoms with Gasteiger partial charge in [0.05, 0.1) is 9.77 Å². The summed E-state index contributed by atoms with van der Waals surface area (Å²) in [7, 11) is -3.50. The quantitative estimate of drug-likeness (QED) is 0.919. The Morgan fingerprint density at radius 3 is 2.42 bits per heavy atom. The molecule has 5 nitrogen and oxygen atoms in total. The smallest absolute Gasteiger partial charge is 0.258 e. The van der Waals surface area contributed by atoms with E-state index in [1.807, 2.05) is 0 Å². The van der Waals surface area contributed by atoms with E-state index in [4.69, 9.17) is 5.73 Å². The highest BCUT2D eigenvalue weighted by Gasteiger charge is 2.32. The average Bonchev–Trinajstić information content (AvgIpc) is 2.77. The van der Waals surface area contributed by atoms with E-state index in [1.54, 1.807) is 0 Å². The van der Waals surface area contributed by atoms with E-state index >= 15 is 0 Å². The lowest BCUT2D eigenvalue weighted by Gasteiger charge is -2.33. The molecule has 0 unspecified atom stereocenters. The molecule has 2 atom stereocenters. The minimum atomic E-state index is -3.50. The molecule has 106 valence electrons. The lowest BCUT2D eigenvalue weighted by atomic mass is 9.94. The molecule has 1 aliphatic rings. The molecule has 2 heterocycles. The molecule has 2 N–H and O–H groups in total. The number of sulfonamides is 1. The second kappa shape index (κ2) is 5.22. The van der Waals surface area contributed by atoms with Gasteiger partial charge in [0.25, 0.3) is 5.91 Å². The molecule has 0 bridgehead atoms. The van der Waals surface area contributed by atoms with E-state index in [0.717, 1.165) is 17.8 Å². The molecule has 0 aromatic carbocycles. The van der Waals surface area contributed by atoms with Crippen molar-refractivity contribution in [3.8, 4) is 0 Å². The van der Waals surface area contributed by atoms with Gasteiger partial charge in [-0.2, -0.15) is 4.31 Å². The predicted molar refractivity (Wildman–Crippen MR) is 74.5 cm³/mol. The third kappa shape index (κ3) is 2.98. The Bertz CT molecular complexity index is 570. The van der Waals surface area contributed by atoms with E-state index in [2.05, 4.69) is 13.8 Å². The molecule has 0 aliphatic carbocycles. The maximum Gasteiger partial charge on any atom is 0.258 e. The SMILES string of the molecule is C[C@H]1C[C@H](C)CN(S(=O)(=O)c2csc(C(N)=O)c2)C1. The van der Waals surface area contributed by atoms with Gasteiger partial charge in [0.15, 0.2) is 0 Å². The van der Waals surface area contributed by atoms with Gasteiger partial charge < -0.3 is 5.73 Å². The van der Waals surface area contributed by atoms with Crippen LogP contribution in [0.15, 0.2) is 16.3 Å². The molecular formula is C12H18N2O3S2. The number of piperidine rings is 1. The molecule has 19 heavy (non-hydrogen) atoms. The number of nitrogens with zero attached hydrogens (tertiary/aromatic N) is 1. The number of amides is 1. The standard InChI is InChI=1S/C12H18N2O3S2/c1-8-3-9(2)6-14(5-8)19(16,17)10-4-11(12(13)15)18-7-10/h4,7-9H,3,5-6H2,1-2H3,(H2,13,15)/t8-,9-/m0/s1. The second-order valence-electron chi connectivity index (χ2n) is 5.28. The monoisotopic (exact) mass is 302 g/mol. The summed E-state index contributed by atoms with van der Waals surface area (Å²) < 4.78 is 26.5. The fourth-order valence-corrected chi connectivity index (χ4v) is 5.33. The van der Waals surface area contributed by atoms with Crippen molar-refractivity contribution in [3.63, 3.8) is 0 Å². The Kier molecular flexibility index (Phi) is 3.98. The Balaban J connectivity index is 2.28. The number of thiophene rings is 1. The first-order valence-corrected chi connectivity index (χ1v) is 8.51. The van der Waals surface area contributed by atoms with Gasteiger partial charge in [-0.1, -0.05) is 13.8 Å². The number of nitrogens with two attached hydrogens (primary N) is 1. The van der Waals surface area contributed by atoms with Gasteiger partial charge in [0, 0.05) is 18.5 Å². The van der Waals surface area contributed by atoms with Gasteiger partial charge in [-0.15, -0.1) is 11.3 Å². The van der Waals surface area contributed by atoms with Crippen LogP contribution in [0.3, 0.4) is 0 Å². The summed E-state index contributed by atoms with van der Waals surface area (Å²) in [4.78, 5) is 11.5. The molecule has 7 heteroatoms. The summed E-state index contributed by atoms with van der Waals surface area (Å²) in [6, 6.07) is 1.37. The third-order valence-corrected chi connectivity index (χ3v) is 6.19. The molecule has 1 aromatic rings. The minimum Gasteiger partial charge on any atom is -0.365 e. The Morgan fingerprint density at radius 2 is 1.95 bits per heavy atom. The van der Waals surface area contributed by atoms with Gasteiger partial charge in [-0.3, -0.25) is 4.79 Å². The first kappa shape index (κ1) is 14.5. The third-order valence-electron chi connectivity index (χ3n) is 3.29. The van der Waals surface area contributed by atoms with E-state index in [-0.39, 0.29) is 9.77 Å². The van der Waals surface area contributed by atoms with E-state index in [9.17, 15) is 13.2 Å². The first-order valence-electron chi connectivity index (χ1n) is 6.19. The summed E-state index contributed by atoms with van der Waals surface area (Å²) >= 11 is 1.07. The van der Waals surface area contributed by atoms with Crippen LogP contribution >= 0.6 is 11.3 Å². The molecule has 2 rings (SSSR count). The van der Waals surface area contributed by atoms with Crippen molar-refractivity contribution in [1.82, 2.24) is 4.31 Å². The van der Waals surface area contributed by atoms with E-state index < -0.39 is 15.9 Å². The minimum absolute atomic E-state index is 0.174. The fraction of sp³-hybridized carbons (Fsp3) is 0.583. The summed E-state index contributed by atoms with van der Waals surface area (Å²) in [5.41, 5.74) is 5.16. The number of carbonyl (C=O) groups excluding carboxylic acids is 1. The van der Waals surface area contributed by atoms with Crippen LogP contribution in [0.2, 0.25) is 0 Å². The Hall–Kier alpha value is -0.920. The molecule has 1 fully saturated rings. The van der Waals surface area contributed by atoms with Gasteiger partial charge in [-0.05, 0) is 24.3 Å². The van der Waals surface area contributed by atoms with Crippen LogP contribution in [0.4, 0.5) is 0 Å². The van der Waals surface area contributed by atoms with Crippen molar-refractivity contribution < 1.29 is 13.2 Å². The highest BCUT2D eigenvalue weighted by Crippen LogP contribution is 2.28. The number of rotatable bonds is 3. The van der Waals surface area contributed by atoms with Crippen molar-refractivity contribution in [2.24, 2.45) is 17.6 Å². The normalized spacial score (nSPS) is 25.4. The molecule has 1 saturated heterocycles. The number of hydrogen-bond acceptors (Lipinski definition) is 4. The van der Waals surface area contributed by atoms with E-state index in [1.165, 1.54) is 15.8 Å². The highest BCUT2D eigenvalue weighted by molar-refractivity contribution is 7.89. The zero-order valence-corrected chi connectivity index (χ0v) is 12.6. The summed E-state index contributed by atoms with van der Waals surface area (Å²) in [5, 5.41) is 1.49. The fourth-order valence-electron chi connectivity index (χ4n) is 2.53. The van der Waals surface area contributed by atoms with Gasteiger partial charge in [0.1, 0.15) is 0 Å². The maximum atomic E-state index is 12.5. The van der Waals surface area contributed by atoms with E-state index in [0.29, 0.717) is 24.9 Å². The second-order valence-corrected chi connectivity index (χ2v) is 8.13. The number of primary amides is 1. The predicted octanol–water partition coefficient (Wildman–Crippen LogP) is 1.51. The molecule has 1 aromatic heterocycles. The van der Waals surface area contributed by atoms with Crippen molar-refractivity contribution >= 4 is 27.3 Å². The van der Waals surface area contributed by atoms with Crippen LogP contribution in [-0.2, 0) is 10.0 Å². The van der Waals surface area contributed by atoms with Crippen molar-refractivity contribution in [3.05, 3.63) is 16.3 Å². The first-order chi connectivity index (χ1) is 8.80. The summed E-state index contributed by atoms with van der Waals surface area (Å²) in [6.07, 6.45) is 1.04. The topological polar surface area (TPSA) is 80.5 Å². The summed E-state index contributed by atoms with van der Waals surface area (Å²) in [5.74, 6) is 0.118. The zero-order chi connectivity index (χ0) is 14.2. The lowest BCUT2D eigenvalue weighted by Crippen LogP contribution is -2.42. The number of carbonyl (C=O) groups is 1. The summed E-state index contributed by atoms with van der Waals surface area (Å²) in [6.45, 7) is 5.18. The number of hydrogen-bond donors (Lipinski definition) is 1. The van der Waals surface area contributed by atoms with Crippen molar-refractivity contribution in [2.75, 3.05) is 13.1 Å². The Morgan fingerprint density at radius 1 is 1.37 bits per heavy atom. The van der Waals surface area contributed by atoms with Crippen molar-refractivity contribution in [1.29, 1.82) is 0 Å². The van der Waals surface area contributed by atoms with Crippen LogP contribution in [0.5, 0.6) is 0 Å². The average molecular weight is 302 g/mol. The van der Waals surface area contributed by atoms with Crippen LogP contribution in [0.1, 0.15) is 29.9 Å². The van der Waals surface area contributed by atoms with Crippen molar-refractivity contribution in [2.45, 2.75) is 25.2 Å². The maximum absolute atomic E-state index is 12.5. The molecule has 1 amide bonds. The van der Waals surface area contributed by atoms with Gasteiger partial charge in [-0.25, -0.2) is 8.42 Å². The molecular weight excluding hydrogens is 284 g/mol.